The summed E-state index contributed by atoms with van der Waals surface area (Å²) in [6.45, 7) is 6.16. The van der Waals surface area contributed by atoms with Crippen LogP contribution in [-0.4, -0.2) is 66.5 Å². The average molecular weight is 562 g/mol. The van der Waals surface area contributed by atoms with Crippen LogP contribution in [0.4, 0.5) is 8.78 Å². The number of rotatable bonds is 7. The number of ether oxygens (including phenoxy) is 1. The van der Waals surface area contributed by atoms with Gasteiger partial charge in [0, 0.05) is 38.3 Å². The van der Waals surface area contributed by atoms with Gasteiger partial charge in [-0.2, -0.15) is 0 Å². The summed E-state index contributed by atoms with van der Waals surface area (Å²) in [6, 6.07) is 22.1. The Morgan fingerprint density at radius 3 is 1.85 bits per heavy atom. The summed E-state index contributed by atoms with van der Waals surface area (Å²) >= 11 is 0. The number of hydrogen-bond acceptors (Lipinski definition) is 4. The molecule has 8 heteroatoms. The van der Waals surface area contributed by atoms with Gasteiger partial charge in [0.05, 0.1) is 5.41 Å². The van der Waals surface area contributed by atoms with Gasteiger partial charge in [0.15, 0.2) is 0 Å². The number of halogens is 2. The van der Waals surface area contributed by atoms with Crippen LogP contribution in [0.25, 0.3) is 0 Å². The minimum atomic E-state index is -0.694. The molecule has 6 nitrogen and oxygen atoms in total. The molecule has 2 fully saturated rings. The summed E-state index contributed by atoms with van der Waals surface area (Å²) in [4.78, 5) is 31.2. The van der Waals surface area contributed by atoms with Gasteiger partial charge in [0.2, 0.25) is 11.8 Å². The van der Waals surface area contributed by atoms with Gasteiger partial charge in [0.25, 0.3) is 0 Å². The number of piperidine rings is 1. The van der Waals surface area contributed by atoms with E-state index in [1.165, 1.54) is 24.3 Å². The maximum Gasteiger partial charge on any atom is 0.248 e. The van der Waals surface area contributed by atoms with E-state index in [2.05, 4.69) is 19.2 Å². The molecule has 0 bridgehead atoms. The highest BCUT2D eigenvalue weighted by Crippen LogP contribution is 2.38. The monoisotopic (exact) mass is 561 g/mol. The topological polar surface area (TPSA) is 61.9 Å². The molecular formula is C33H37F2N3O3. The first kappa shape index (κ1) is 28.9. The molecular weight excluding hydrogens is 524 g/mol. The fourth-order valence-corrected chi connectivity index (χ4v) is 6.22. The third-order valence-electron chi connectivity index (χ3n) is 8.27. The first-order chi connectivity index (χ1) is 19.7. The van der Waals surface area contributed by atoms with Crippen LogP contribution in [0, 0.1) is 11.6 Å². The van der Waals surface area contributed by atoms with Crippen molar-refractivity contribution in [3.8, 4) is 0 Å². The van der Waals surface area contributed by atoms with Gasteiger partial charge in [-0.15, -0.1) is 0 Å². The SMILES string of the molecule is CC1CN(C(=O)C2(c3ccccc3)CCN(C(=O)COC(c3ccc(F)cc3)c3ccc(F)cc3)CC2)CC(C)N1. The molecule has 41 heavy (non-hydrogen) atoms. The minimum absolute atomic E-state index is 0.125. The van der Waals surface area contributed by atoms with Gasteiger partial charge in [-0.1, -0.05) is 54.6 Å². The van der Waals surface area contributed by atoms with Crippen molar-refractivity contribution in [3.05, 3.63) is 107 Å². The van der Waals surface area contributed by atoms with E-state index in [1.54, 1.807) is 29.2 Å². The number of nitrogens with zero attached hydrogens (tertiary/aromatic N) is 2. The van der Waals surface area contributed by atoms with Gasteiger partial charge in [0.1, 0.15) is 24.3 Å². The lowest BCUT2D eigenvalue weighted by atomic mass is 9.71. The lowest BCUT2D eigenvalue weighted by molar-refractivity contribution is -0.146. The van der Waals surface area contributed by atoms with Gasteiger partial charge < -0.3 is 19.9 Å². The molecule has 5 rings (SSSR count). The molecule has 216 valence electrons. The number of carbonyl (C=O) groups excluding carboxylic acids is 2. The smallest absolute Gasteiger partial charge is 0.248 e. The minimum Gasteiger partial charge on any atom is -0.359 e. The molecule has 2 aliphatic rings. The summed E-state index contributed by atoms with van der Waals surface area (Å²) in [7, 11) is 0. The summed E-state index contributed by atoms with van der Waals surface area (Å²) in [6.07, 6.45) is 0.382. The predicted octanol–water partition coefficient (Wildman–Crippen LogP) is 4.84. The van der Waals surface area contributed by atoms with Gasteiger partial charge in [-0.25, -0.2) is 8.78 Å². The zero-order chi connectivity index (χ0) is 29.0. The molecule has 2 saturated heterocycles. The summed E-state index contributed by atoms with van der Waals surface area (Å²) in [5.74, 6) is -0.813. The maximum absolute atomic E-state index is 14.1. The van der Waals surface area contributed by atoms with E-state index in [9.17, 15) is 18.4 Å². The largest absolute Gasteiger partial charge is 0.359 e. The first-order valence-electron chi connectivity index (χ1n) is 14.3. The van der Waals surface area contributed by atoms with Gasteiger partial charge in [-0.05, 0) is 67.6 Å². The molecule has 2 unspecified atom stereocenters. The highest BCUT2D eigenvalue weighted by molar-refractivity contribution is 5.89. The normalized spacial score (nSPS) is 20.7. The van der Waals surface area contributed by atoms with Crippen LogP contribution in [0.2, 0.25) is 0 Å². The van der Waals surface area contributed by atoms with Crippen molar-refractivity contribution >= 4 is 11.8 Å². The molecule has 2 atom stereocenters. The number of carbonyl (C=O) groups is 2. The van der Waals surface area contributed by atoms with Gasteiger partial charge >= 0.3 is 0 Å². The van der Waals surface area contributed by atoms with E-state index in [0.29, 0.717) is 50.1 Å². The van der Waals surface area contributed by atoms with Crippen LogP contribution in [0.3, 0.4) is 0 Å². The van der Waals surface area contributed by atoms with Gasteiger partial charge in [-0.3, -0.25) is 9.59 Å². The van der Waals surface area contributed by atoms with Crippen molar-refractivity contribution in [2.24, 2.45) is 0 Å². The van der Waals surface area contributed by atoms with Crippen LogP contribution in [-0.2, 0) is 19.7 Å². The predicted molar refractivity (Wildman–Crippen MR) is 153 cm³/mol. The Morgan fingerprint density at radius 2 is 1.34 bits per heavy atom. The molecule has 0 radical (unpaired) electrons. The maximum atomic E-state index is 14.1. The fraction of sp³-hybridized carbons (Fsp3) is 0.394. The highest BCUT2D eigenvalue weighted by atomic mass is 19.1. The summed E-state index contributed by atoms with van der Waals surface area (Å²) in [5.41, 5.74) is 1.62. The Hall–Kier alpha value is -3.62. The number of nitrogens with one attached hydrogen (secondary N) is 1. The third kappa shape index (κ3) is 6.49. The van der Waals surface area contributed by atoms with Crippen molar-refractivity contribution in [2.75, 3.05) is 32.8 Å². The number of benzene rings is 3. The Morgan fingerprint density at radius 1 is 0.829 bits per heavy atom. The van der Waals surface area contributed by atoms with Crippen molar-refractivity contribution in [3.63, 3.8) is 0 Å². The zero-order valence-electron chi connectivity index (χ0n) is 23.6. The van der Waals surface area contributed by atoms with E-state index >= 15 is 0 Å². The lowest BCUT2D eigenvalue weighted by Crippen LogP contribution is -2.61. The molecule has 1 N–H and O–H groups in total. The molecule has 3 aromatic carbocycles. The molecule has 0 aromatic heterocycles. The molecule has 2 heterocycles. The zero-order valence-corrected chi connectivity index (χ0v) is 23.6. The van der Waals surface area contributed by atoms with E-state index < -0.39 is 11.5 Å². The van der Waals surface area contributed by atoms with Crippen LogP contribution in [0.5, 0.6) is 0 Å². The van der Waals surface area contributed by atoms with Crippen LogP contribution < -0.4 is 5.32 Å². The van der Waals surface area contributed by atoms with E-state index in [1.807, 2.05) is 35.2 Å². The molecule has 0 saturated carbocycles. The standard InChI is InChI=1S/C33H37F2N3O3/c1-23-20-38(21-24(2)36-23)32(40)33(27-6-4-3-5-7-27)16-18-37(19-17-33)30(39)22-41-31(25-8-12-28(34)13-9-25)26-10-14-29(35)15-11-26/h3-15,23-24,31,36H,16-22H2,1-2H3. The number of likely N-dealkylation sites (tertiary alicyclic amines) is 1. The summed E-state index contributed by atoms with van der Waals surface area (Å²) < 4.78 is 33.3. The lowest BCUT2D eigenvalue weighted by Gasteiger charge is -2.46. The van der Waals surface area contributed by atoms with E-state index in [0.717, 1.165) is 5.56 Å². The van der Waals surface area contributed by atoms with E-state index in [4.69, 9.17) is 4.74 Å². The second kappa shape index (κ2) is 12.5. The highest BCUT2D eigenvalue weighted by Gasteiger charge is 2.46. The van der Waals surface area contributed by atoms with Crippen LogP contribution in [0.15, 0.2) is 78.9 Å². The number of piperazine rings is 1. The Kier molecular flexibility index (Phi) is 8.80. The Balaban J connectivity index is 1.29. The Labute approximate surface area is 240 Å². The first-order valence-corrected chi connectivity index (χ1v) is 14.3. The summed E-state index contributed by atoms with van der Waals surface area (Å²) in [5, 5.41) is 3.50. The average Bonchev–Trinajstić information content (AvgIpc) is 2.98. The van der Waals surface area contributed by atoms with Crippen molar-refractivity contribution < 1.29 is 23.1 Å². The van der Waals surface area contributed by atoms with Crippen LogP contribution in [0.1, 0.15) is 49.5 Å². The van der Waals surface area contributed by atoms with E-state index in [-0.39, 0.29) is 42.1 Å². The molecule has 0 spiro atoms. The second-order valence-electron chi connectivity index (χ2n) is 11.3. The molecule has 3 aromatic rings. The number of amides is 2. The second-order valence-corrected chi connectivity index (χ2v) is 11.3. The number of hydrogen-bond donors (Lipinski definition) is 1. The third-order valence-corrected chi connectivity index (χ3v) is 8.27. The molecule has 2 aliphatic heterocycles. The quantitative estimate of drug-likeness (QED) is 0.449. The van der Waals surface area contributed by atoms with Crippen molar-refractivity contribution in [1.29, 1.82) is 0 Å². The molecule has 2 amide bonds. The van der Waals surface area contributed by atoms with Crippen LogP contribution >= 0.6 is 0 Å². The van der Waals surface area contributed by atoms with Crippen molar-refractivity contribution in [1.82, 2.24) is 15.1 Å². The molecule has 0 aliphatic carbocycles. The Bertz CT molecular complexity index is 1270. The van der Waals surface area contributed by atoms with Crippen molar-refractivity contribution in [2.45, 2.75) is 50.3 Å². The fourth-order valence-electron chi connectivity index (χ4n) is 6.22.